The molecule has 0 N–H and O–H groups in total. The molecule has 0 aromatic heterocycles. The number of allylic oxidation sites excluding steroid dienone is 1. The molecule has 1 aliphatic carbocycles. The number of esters is 1. The molecule has 0 saturated carbocycles. The summed E-state index contributed by atoms with van der Waals surface area (Å²) in [6.07, 6.45) is 1.47. The van der Waals surface area contributed by atoms with E-state index in [0.29, 0.717) is 25.0 Å². The Balaban J connectivity index is 2.01. The first-order chi connectivity index (χ1) is 13.7. The molecule has 10 heteroatoms. The Morgan fingerprint density at radius 2 is 1.63 bits per heavy atom. The van der Waals surface area contributed by atoms with Crippen molar-refractivity contribution in [1.29, 1.82) is 0 Å². The zero-order chi connectivity index (χ0) is 22.6. The van der Waals surface area contributed by atoms with Gasteiger partial charge in [0.1, 0.15) is 5.76 Å². The van der Waals surface area contributed by atoms with Crippen molar-refractivity contribution in [3.8, 4) is 0 Å². The number of ether oxygens (including phenoxy) is 1. The summed E-state index contributed by atoms with van der Waals surface area (Å²) in [5.41, 5.74) is -2.68. The molecule has 161 valence electrons. The van der Waals surface area contributed by atoms with Gasteiger partial charge in [-0.1, -0.05) is 13.8 Å². The van der Waals surface area contributed by atoms with Crippen molar-refractivity contribution in [2.24, 2.45) is 5.41 Å². The molecule has 10 nitrogen and oxygen atoms in total. The number of carbonyl (C=O) groups is 1. The van der Waals surface area contributed by atoms with Crippen molar-refractivity contribution in [1.82, 2.24) is 5.06 Å². The Kier molecular flexibility index (Phi) is 4.99. The molecule has 1 fully saturated rings. The lowest BCUT2D eigenvalue weighted by atomic mass is 9.68. The lowest BCUT2D eigenvalue weighted by Crippen LogP contribution is -2.50. The molecule has 1 heterocycles. The Bertz CT molecular complexity index is 983. The molecule has 1 aromatic rings. The molecular weight excluding hydrogens is 394 g/mol. The van der Waals surface area contributed by atoms with E-state index in [2.05, 4.69) is 0 Å². The van der Waals surface area contributed by atoms with E-state index in [-0.39, 0.29) is 11.0 Å². The van der Waals surface area contributed by atoms with E-state index in [1.807, 2.05) is 34.6 Å². The number of nitrogens with zero attached hydrogens (tertiary/aromatic N) is 3. The number of hydrogen-bond donors (Lipinski definition) is 0. The summed E-state index contributed by atoms with van der Waals surface area (Å²) in [6.45, 7) is 9.48. The highest BCUT2D eigenvalue weighted by atomic mass is 16.6. The van der Waals surface area contributed by atoms with Crippen molar-refractivity contribution >= 4 is 17.3 Å². The van der Waals surface area contributed by atoms with Gasteiger partial charge < -0.3 is 4.74 Å². The maximum Gasteiger partial charge on any atom is 0.346 e. The number of nitro benzene ring substituents is 2. The van der Waals surface area contributed by atoms with Gasteiger partial charge in [0.15, 0.2) is 0 Å². The molecule has 1 radical (unpaired) electrons. The van der Waals surface area contributed by atoms with Gasteiger partial charge in [-0.05, 0) is 50.7 Å². The van der Waals surface area contributed by atoms with Crippen molar-refractivity contribution < 1.29 is 24.6 Å². The Labute approximate surface area is 173 Å². The average molecular weight is 418 g/mol. The number of hydrogen-bond acceptors (Lipinski definition) is 7. The SMILES string of the molecule is CC1(C)CC(OC(=O)c2ccc([N+](=O)[O-])c([N+](=O)[O-])c2)=C2CC(C)(C)N([O])[C@]2(C)C1. The third-order valence-corrected chi connectivity index (χ3v) is 5.88. The van der Waals surface area contributed by atoms with Crippen LogP contribution in [-0.4, -0.2) is 32.0 Å². The summed E-state index contributed by atoms with van der Waals surface area (Å²) in [6, 6.07) is 2.89. The zero-order valence-corrected chi connectivity index (χ0v) is 17.6. The monoisotopic (exact) mass is 418 g/mol. The van der Waals surface area contributed by atoms with Crippen LogP contribution in [0.5, 0.6) is 0 Å². The van der Waals surface area contributed by atoms with Gasteiger partial charge in [0, 0.05) is 24.1 Å². The van der Waals surface area contributed by atoms with E-state index in [1.54, 1.807) is 0 Å². The Morgan fingerprint density at radius 3 is 2.20 bits per heavy atom. The van der Waals surface area contributed by atoms with Gasteiger partial charge in [0.2, 0.25) is 0 Å². The van der Waals surface area contributed by atoms with Gasteiger partial charge in [-0.3, -0.25) is 20.2 Å². The molecular formula is C20H24N3O7. The van der Waals surface area contributed by atoms with Crippen LogP contribution in [0.1, 0.15) is 64.2 Å². The standard InChI is InChI=1S/C20H24N3O7/c1-18(2)10-16(13-9-19(3,4)23(29)20(13,5)11-18)30-17(24)12-6-7-14(21(25)26)15(8-12)22(27)28/h6-8H,9-11H2,1-5H3/t20-/m1/s1. The van der Waals surface area contributed by atoms with Crippen LogP contribution in [0.3, 0.4) is 0 Å². The molecule has 1 atom stereocenters. The van der Waals surface area contributed by atoms with Crippen LogP contribution >= 0.6 is 0 Å². The number of rotatable bonds is 4. The van der Waals surface area contributed by atoms with E-state index < -0.39 is 38.3 Å². The van der Waals surface area contributed by atoms with E-state index in [0.717, 1.165) is 28.8 Å². The van der Waals surface area contributed by atoms with Crippen LogP contribution in [0.4, 0.5) is 11.4 Å². The van der Waals surface area contributed by atoms with Crippen LogP contribution in [0.2, 0.25) is 0 Å². The van der Waals surface area contributed by atoms with Crippen molar-refractivity contribution in [2.75, 3.05) is 0 Å². The van der Waals surface area contributed by atoms with Gasteiger partial charge in [0.05, 0.1) is 20.9 Å². The summed E-state index contributed by atoms with van der Waals surface area (Å²) in [5, 5.41) is 36.2. The van der Waals surface area contributed by atoms with Crippen molar-refractivity contribution in [2.45, 2.75) is 65.0 Å². The number of hydroxylamine groups is 2. The Morgan fingerprint density at radius 1 is 1.03 bits per heavy atom. The van der Waals surface area contributed by atoms with E-state index in [9.17, 15) is 30.2 Å². The third kappa shape index (κ3) is 3.56. The summed E-state index contributed by atoms with van der Waals surface area (Å²) >= 11 is 0. The molecule has 1 saturated heterocycles. The highest BCUT2D eigenvalue weighted by molar-refractivity contribution is 5.91. The fourth-order valence-electron chi connectivity index (χ4n) is 4.82. The first-order valence-electron chi connectivity index (χ1n) is 9.53. The van der Waals surface area contributed by atoms with Gasteiger partial charge in [0.25, 0.3) is 0 Å². The lowest BCUT2D eigenvalue weighted by Gasteiger charge is -2.44. The Hall–Kier alpha value is -2.85. The van der Waals surface area contributed by atoms with Crippen LogP contribution in [-0.2, 0) is 9.94 Å². The molecule has 0 bridgehead atoms. The third-order valence-electron chi connectivity index (χ3n) is 5.88. The van der Waals surface area contributed by atoms with Crippen LogP contribution in [0.15, 0.2) is 29.5 Å². The second-order valence-corrected chi connectivity index (χ2v) is 9.58. The van der Waals surface area contributed by atoms with Crippen LogP contribution in [0.25, 0.3) is 0 Å². The molecule has 30 heavy (non-hydrogen) atoms. The van der Waals surface area contributed by atoms with E-state index in [4.69, 9.17) is 4.74 Å². The summed E-state index contributed by atoms with van der Waals surface area (Å²) in [4.78, 5) is 33.2. The minimum atomic E-state index is -0.910. The summed E-state index contributed by atoms with van der Waals surface area (Å²) < 4.78 is 5.65. The topological polar surface area (TPSA) is 136 Å². The molecule has 3 rings (SSSR count). The van der Waals surface area contributed by atoms with Gasteiger partial charge >= 0.3 is 17.3 Å². The van der Waals surface area contributed by atoms with Crippen molar-refractivity contribution in [3.05, 3.63) is 55.3 Å². The molecule has 1 aromatic carbocycles. The smallest absolute Gasteiger partial charge is 0.346 e. The number of nitro groups is 2. The van der Waals surface area contributed by atoms with E-state index in [1.165, 1.54) is 0 Å². The fraction of sp³-hybridized carbons (Fsp3) is 0.550. The average Bonchev–Trinajstić information content (AvgIpc) is 2.79. The van der Waals surface area contributed by atoms with Crippen LogP contribution < -0.4 is 0 Å². The second-order valence-electron chi connectivity index (χ2n) is 9.58. The first kappa shape index (κ1) is 21.8. The molecule has 0 amide bonds. The summed E-state index contributed by atoms with van der Waals surface area (Å²) in [5.74, 6) is -0.455. The minimum absolute atomic E-state index is 0.165. The maximum absolute atomic E-state index is 13.0. The number of fused-ring (bicyclic) bond motifs is 1. The summed E-state index contributed by atoms with van der Waals surface area (Å²) in [7, 11) is 0. The van der Waals surface area contributed by atoms with E-state index >= 15 is 0 Å². The quantitative estimate of drug-likeness (QED) is 0.403. The fourth-order valence-corrected chi connectivity index (χ4v) is 4.82. The number of carbonyl (C=O) groups excluding carboxylic acids is 1. The predicted molar refractivity (Wildman–Crippen MR) is 105 cm³/mol. The van der Waals surface area contributed by atoms with Gasteiger partial charge in [-0.25, -0.2) is 4.79 Å². The first-order valence-corrected chi connectivity index (χ1v) is 9.53. The maximum atomic E-state index is 13.0. The highest BCUT2D eigenvalue weighted by Crippen LogP contribution is 2.55. The minimum Gasteiger partial charge on any atom is -0.427 e. The number of benzene rings is 1. The van der Waals surface area contributed by atoms with Gasteiger partial charge in [-0.15, -0.1) is 10.3 Å². The van der Waals surface area contributed by atoms with Crippen molar-refractivity contribution in [3.63, 3.8) is 0 Å². The molecule has 2 aliphatic rings. The molecule has 0 unspecified atom stereocenters. The normalized spacial score (nSPS) is 25.0. The van der Waals surface area contributed by atoms with Gasteiger partial charge in [-0.2, -0.15) is 0 Å². The predicted octanol–water partition coefficient (Wildman–Crippen LogP) is 4.32. The van der Waals surface area contributed by atoms with Crippen LogP contribution in [0, 0.1) is 25.6 Å². The molecule has 0 spiro atoms. The highest BCUT2D eigenvalue weighted by Gasteiger charge is 2.57. The molecule has 1 aliphatic heterocycles. The zero-order valence-electron chi connectivity index (χ0n) is 17.6. The lowest BCUT2D eigenvalue weighted by molar-refractivity contribution is -0.422. The second kappa shape index (κ2) is 6.85. The largest absolute Gasteiger partial charge is 0.427 e.